The lowest BCUT2D eigenvalue weighted by Gasteiger charge is -2.42. The van der Waals surface area contributed by atoms with Gasteiger partial charge in [0.1, 0.15) is 11.2 Å². The molecule has 4 atom stereocenters. The Balaban J connectivity index is 1.25. The van der Waals surface area contributed by atoms with Crippen molar-refractivity contribution in [1.29, 1.82) is 0 Å². The second kappa shape index (κ2) is 13.6. The van der Waals surface area contributed by atoms with E-state index in [0.29, 0.717) is 45.3 Å². The van der Waals surface area contributed by atoms with E-state index >= 15 is 0 Å². The lowest BCUT2D eigenvalue weighted by Crippen LogP contribution is -2.50. The van der Waals surface area contributed by atoms with E-state index < -0.39 is 10.9 Å². The molecule has 1 aliphatic carbocycles. The van der Waals surface area contributed by atoms with Crippen LogP contribution in [0, 0.1) is 11.3 Å². The number of benzene rings is 1. The second-order valence-corrected chi connectivity index (χ2v) is 14.9. The lowest BCUT2D eigenvalue weighted by molar-refractivity contribution is -0.146. The van der Waals surface area contributed by atoms with Gasteiger partial charge in [0, 0.05) is 69.2 Å². The van der Waals surface area contributed by atoms with E-state index in [-0.39, 0.29) is 46.8 Å². The molecule has 3 saturated heterocycles. The molecule has 43 heavy (non-hydrogen) atoms. The maximum Gasteiger partial charge on any atom is 0.237 e. The molecule has 0 radical (unpaired) electrons. The van der Waals surface area contributed by atoms with Crippen molar-refractivity contribution >= 4 is 35.0 Å². The number of carbonyl (C=O) groups is 3. The monoisotopic (exact) mass is 608 g/mol. The second-order valence-electron chi connectivity index (χ2n) is 13.6. The first kappa shape index (κ1) is 31.8. The van der Waals surface area contributed by atoms with E-state index in [0.717, 1.165) is 30.8 Å². The molecular formula is C34H48N4O4S. The number of rotatable bonds is 9. The third-order valence-corrected chi connectivity index (χ3v) is 10.6. The predicted molar refractivity (Wildman–Crippen MR) is 173 cm³/mol. The summed E-state index contributed by atoms with van der Waals surface area (Å²) >= 11 is 1.60. The summed E-state index contributed by atoms with van der Waals surface area (Å²) in [5, 5.41) is 6.13. The highest BCUT2D eigenvalue weighted by atomic mass is 32.2. The Hall–Kier alpha value is -2.62. The smallest absolute Gasteiger partial charge is 0.237 e. The van der Waals surface area contributed by atoms with Gasteiger partial charge in [0.2, 0.25) is 11.8 Å². The van der Waals surface area contributed by atoms with Gasteiger partial charge in [-0.2, -0.15) is 0 Å². The number of para-hydroxylation sites is 1. The number of likely N-dealkylation sites (tertiary alicyclic amines) is 1. The molecule has 8 nitrogen and oxygen atoms in total. The summed E-state index contributed by atoms with van der Waals surface area (Å²) in [7, 11) is 1.93. The first-order valence-electron chi connectivity index (χ1n) is 15.8. The average molecular weight is 609 g/mol. The minimum Gasteiger partial charge on any atom is -0.383 e. The number of ether oxygens (including phenoxy) is 1. The number of carbonyl (C=O) groups excluding carboxylic acids is 3. The van der Waals surface area contributed by atoms with E-state index in [1.807, 2.05) is 41.1 Å². The van der Waals surface area contributed by atoms with Crippen LogP contribution in [-0.4, -0.2) is 84.1 Å². The number of piperidine rings is 1. The van der Waals surface area contributed by atoms with E-state index in [1.54, 1.807) is 11.8 Å². The summed E-state index contributed by atoms with van der Waals surface area (Å²) in [4.78, 5) is 44.2. The highest BCUT2D eigenvalue weighted by molar-refractivity contribution is 8.01. The number of amides is 2. The number of anilines is 1. The van der Waals surface area contributed by atoms with Crippen molar-refractivity contribution in [3.63, 3.8) is 0 Å². The largest absolute Gasteiger partial charge is 0.383 e. The Morgan fingerprint density at radius 1 is 1.09 bits per heavy atom. The Labute approximate surface area is 261 Å². The molecule has 0 bridgehead atoms. The Bertz CT molecular complexity index is 1230. The van der Waals surface area contributed by atoms with Gasteiger partial charge in [-0.05, 0) is 37.8 Å². The van der Waals surface area contributed by atoms with Gasteiger partial charge in [-0.1, -0.05) is 63.3 Å². The van der Waals surface area contributed by atoms with Crippen LogP contribution in [0.3, 0.4) is 0 Å². The van der Waals surface area contributed by atoms with Gasteiger partial charge in [-0.25, -0.2) is 0 Å². The topological polar surface area (TPSA) is 91.0 Å². The van der Waals surface area contributed by atoms with Crippen molar-refractivity contribution in [3.8, 4) is 0 Å². The average Bonchev–Trinajstić information content (AvgIpc) is 3.19. The number of hydrogen-bond acceptors (Lipinski definition) is 7. The Morgan fingerprint density at radius 3 is 2.58 bits per heavy atom. The molecule has 9 heteroatoms. The molecule has 2 amide bonds. The van der Waals surface area contributed by atoms with Gasteiger partial charge in [0.05, 0.1) is 17.0 Å². The molecule has 3 heterocycles. The molecule has 4 aliphatic rings. The summed E-state index contributed by atoms with van der Waals surface area (Å²) < 4.78 is 6.60. The van der Waals surface area contributed by atoms with Crippen LogP contribution in [0.1, 0.15) is 70.2 Å². The number of fused-ring (bicyclic) bond motifs is 1. The van der Waals surface area contributed by atoms with Gasteiger partial charge in [-0.3, -0.25) is 14.4 Å². The summed E-state index contributed by atoms with van der Waals surface area (Å²) in [5.74, 6) is 0.393. The molecule has 4 unspecified atom stereocenters. The number of hydrogen-bond donors (Lipinski definition) is 2. The van der Waals surface area contributed by atoms with Crippen LogP contribution in [0.2, 0.25) is 0 Å². The van der Waals surface area contributed by atoms with Crippen molar-refractivity contribution in [2.24, 2.45) is 11.3 Å². The quantitative estimate of drug-likeness (QED) is 0.384. The van der Waals surface area contributed by atoms with Gasteiger partial charge < -0.3 is 25.2 Å². The maximum absolute atomic E-state index is 13.9. The van der Waals surface area contributed by atoms with Crippen molar-refractivity contribution in [3.05, 3.63) is 54.1 Å². The summed E-state index contributed by atoms with van der Waals surface area (Å²) in [6.07, 6.45) is 11.3. The fourth-order valence-corrected chi connectivity index (χ4v) is 8.07. The lowest BCUT2D eigenvalue weighted by atomic mass is 9.85. The number of Topliss-reactive ketones (excluding diaryl/α,β-unsaturated/α-hetero) is 1. The molecule has 1 spiro atoms. The summed E-state index contributed by atoms with van der Waals surface area (Å²) in [6, 6.07) is 8.21. The van der Waals surface area contributed by atoms with Crippen molar-refractivity contribution in [1.82, 2.24) is 15.1 Å². The van der Waals surface area contributed by atoms with Crippen LogP contribution in [-0.2, 0) is 19.1 Å². The minimum atomic E-state index is -0.514. The standard InChI is InChI=1S/C34H48N4O4S/c1-33(2,3)13-20-38-31(41)29(43-32(38)26-10-6-7-11-27(26)36-17-16-35-4)22-30(40)37-18-14-34(15-19-37)23-25(39)21-24-9-5-8-12-28(24)42-34/h5-12,24,28-29,32,35-36H,13-23H2,1-4H3. The van der Waals surface area contributed by atoms with Crippen molar-refractivity contribution in [2.75, 3.05) is 45.1 Å². The summed E-state index contributed by atoms with van der Waals surface area (Å²) in [6.45, 7) is 9.94. The molecule has 0 aromatic heterocycles. The van der Waals surface area contributed by atoms with Gasteiger partial charge >= 0.3 is 0 Å². The van der Waals surface area contributed by atoms with Crippen LogP contribution in [0.5, 0.6) is 0 Å². The number of nitrogens with zero attached hydrogens (tertiary/aromatic N) is 2. The highest BCUT2D eigenvalue weighted by Crippen LogP contribution is 2.47. The molecule has 1 aromatic carbocycles. The molecule has 0 saturated carbocycles. The van der Waals surface area contributed by atoms with E-state index in [9.17, 15) is 14.4 Å². The van der Waals surface area contributed by atoms with Crippen molar-refractivity contribution < 1.29 is 19.1 Å². The SMILES string of the molecule is CNCCNc1ccccc1C1SC(CC(=O)N2CCC3(CC2)CC(=O)CC2C=CC=CC2O3)C(=O)N1CCC(C)(C)C. The van der Waals surface area contributed by atoms with Gasteiger partial charge in [0.25, 0.3) is 0 Å². The minimum absolute atomic E-state index is 0.0101. The van der Waals surface area contributed by atoms with Crippen LogP contribution in [0.15, 0.2) is 48.6 Å². The van der Waals surface area contributed by atoms with Gasteiger partial charge in [-0.15, -0.1) is 11.8 Å². The summed E-state index contributed by atoms with van der Waals surface area (Å²) in [5.41, 5.74) is 1.68. The number of allylic oxidation sites excluding steroid dienone is 2. The first-order valence-corrected chi connectivity index (χ1v) is 16.8. The molecule has 3 aliphatic heterocycles. The van der Waals surface area contributed by atoms with Crippen LogP contribution in [0.4, 0.5) is 5.69 Å². The zero-order valence-corrected chi connectivity index (χ0v) is 27.0. The fraction of sp³-hybridized carbons (Fsp3) is 0.618. The maximum atomic E-state index is 13.9. The van der Waals surface area contributed by atoms with Gasteiger partial charge in [0.15, 0.2) is 0 Å². The van der Waals surface area contributed by atoms with Crippen LogP contribution >= 0.6 is 11.8 Å². The number of likely N-dealkylation sites (N-methyl/N-ethyl adjacent to an activating group) is 1. The predicted octanol–water partition coefficient (Wildman–Crippen LogP) is 4.94. The third-order valence-electron chi connectivity index (χ3n) is 9.10. The fourth-order valence-electron chi connectivity index (χ4n) is 6.56. The molecule has 5 rings (SSSR count). The highest BCUT2D eigenvalue weighted by Gasteiger charge is 2.46. The molecular weight excluding hydrogens is 560 g/mol. The van der Waals surface area contributed by atoms with Crippen LogP contribution in [0.25, 0.3) is 0 Å². The number of thioether (sulfide) groups is 1. The Kier molecular flexibility index (Phi) is 10.0. The normalized spacial score (nSPS) is 27.0. The number of nitrogens with one attached hydrogen (secondary N) is 2. The first-order chi connectivity index (χ1) is 20.6. The molecule has 234 valence electrons. The van der Waals surface area contributed by atoms with Crippen molar-refractivity contribution in [2.45, 2.75) is 81.6 Å². The molecule has 2 N–H and O–H groups in total. The molecule has 1 aromatic rings. The Morgan fingerprint density at radius 2 is 1.84 bits per heavy atom. The van der Waals surface area contributed by atoms with Crippen LogP contribution < -0.4 is 10.6 Å². The van der Waals surface area contributed by atoms with E-state index in [2.05, 4.69) is 55.7 Å². The third kappa shape index (κ3) is 7.73. The zero-order chi connectivity index (χ0) is 30.6. The van der Waals surface area contributed by atoms with E-state index in [1.165, 1.54) is 0 Å². The molecule has 3 fully saturated rings. The van der Waals surface area contributed by atoms with E-state index in [4.69, 9.17) is 4.74 Å². The zero-order valence-electron chi connectivity index (χ0n) is 26.1. The number of ketones is 1.